The van der Waals surface area contributed by atoms with Crippen LogP contribution in [0, 0.1) is 17.7 Å². The Morgan fingerprint density at radius 1 is 0.962 bits per heavy atom. The lowest BCUT2D eigenvalue weighted by atomic mass is 9.99. The molecule has 274 valence electrons. The number of carbonyl (C=O) groups is 4. The highest BCUT2D eigenvalue weighted by Crippen LogP contribution is 2.37. The van der Waals surface area contributed by atoms with Gasteiger partial charge >= 0.3 is 5.69 Å². The number of methoxy groups -OCH3 is 1. The highest BCUT2D eigenvalue weighted by Gasteiger charge is 2.31. The van der Waals surface area contributed by atoms with Gasteiger partial charge in [-0.25, -0.2) is 9.18 Å². The Morgan fingerprint density at radius 2 is 1.70 bits per heavy atom. The SMILES string of the molecule is CC(=O)N1CCCCC1.COc1cc(C#Cc2cccc3c2n(C)c(=O)n3C2CCC(=O)NC2=O)ccc1-c1ccc(F)c2[nH]c(C(=O)N(C)C)cc12. The van der Waals surface area contributed by atoms with Crippen molar-refractivity contribution in [2.24, 2.45) is 7.05 Å². The summed E-state index contributed by atoms with van der Waals surface area (Å²) in [6.45, 7) is 3.61. The van der Waals surface area contributed by atoms with E-state index in [1.807, 2.05) is 17.0 Å². The number of imide groups is 1. The number of hydrogen-bond donors (Lipinski definition) is 2. The van der Waals surface area contributed by atoms with Gasteiger partial charge in [0.1, 0.15) is 23.3 Å². The van der Waals surface area contributed by atoms with Crippen molar-refractivity contribution in [2.75, 3.05) is 34.3 Å². The number of nitrogens with one attached hydrogen (secondary N) is 2. The van der Waals surface area contributed by atoms with Gasteiger partial charge in [0.25, 0.3) is 5.91 Å². The average molecular weight is 721 g/mol. The minimum Gasteiger partial charge on any atom is -0.496 e. The second kappa shape index (κ2) is 15.2. The van der Waals surface area contributed by atoms with Crippen LogP contribution in [0.2, 0.25) is 0 Å². The number of likely N-dealkylation sites (tertiary alicyclic amines) is 1. The Kier molecular flexibility index (Phi) is 10.5. The van der Waals surface area contributed by atoms with Crippen molar-refractivity contribution < 1.29 is 28.3 Å². The van der Waals surface area contributed by atoms with Crippen LogP contribution in [0.15, 0.2) is 59.4 Å². The zero-order valence-corrected chi connectivity index (χ0v) is 30.3. The lowest BCUT2D eigenvalue weighted by Gasteiger charge is -2.24. The van der Waals surface area contributed by atoms with Gasteiger partial charge in [-0.1, -0.05) is 24.0 Å². The van der Waals surface area contributed by atoms with Crippen molar-refractivity contribution in [1.82, 2.24) is 29.2 Å². The summed E-state index contributed by atoms with van der Waals surface area (Å²) in [5, 5.41) is 2.86. The van der Waals surface area contributed by atoms with Gasteiger partial charge in [-0.2, -0.15) is 0 Å². The molecule has 1 atom stereocenters. The number of imidazole rings is 1. The number of fused-ring (bicyclic) bond motifs is 2. The van der Waals surface area contributed by atoms with Gasteiger partial charge in [0, 0.05) is 64.1 Å². The molecule has 0 radical (unpaired) electrons. The maximum absolute atomic E-state index is 14.7. The Hall–Kier alpha value is -6.16. The third kappa shape index (κ3) is 7.30. The molecule has 2 N–H and O–H groups in total. The van der Waals surface area contributed by atoms with E-state index in [1.54, 1.807) is 64.5 Å². The Balaban J connectivity index is 0.000000468. The standard InChI is InChI=1S/C33H28FN5O5.C7H13NO/c1-37(2)32(42)24-17-22-20(12-13-23(34)29(22)35-24)21-11-9-18(16-27(21)44-4)8-10-19-6-5-7-25-30(19)38(3)33(43)39(25)26-14-15-28(40)36-31(26)41;1-7(9)8-5-3-2-4-6-8/h5-7,9,11-13,16-17,26,35H,14-15H2,1-4H3,(H,36,40,41);2-6H2,1H3. The third-order valence-corrected chi connectivity index (χ3v) is 9.64. The molecular weight excluding hydrogens is 679 g/mol. The van der Waals surface area contributed by atoms with Gasteiger partial charge in [-0.3, -0.25) is 33.6 Å². The predicted molar refractivity (Wildman–Crippen MR) is 199 cm³/mol. The number of H-pyrrole nitrogens is 1. The summed E-state index contributed by atoms with van der Waals surface area (Å²) in [5.41, 5.74) is 3.83. The van der Waals surface area contributed by atoms with Gasteiger partial charge < -0.3 is 19.5 Å². The summed E-state index contributed by atoms with van der Waals surface area (Å²) in [7, 11) is 6.41. The first kappa shape index (κ1) is 36.6. The summed E-state index contributed by atoms with van der Waals surface area (Å²) in [6.07, 6.45) is 4.07. The van der Waals surface area contributed by atoms with E-state index < -0.39 is 17.8 Å². The second-order valence-electron chi connectivity index (χ2n) is 13.3. The fourth-order valence-corrected chi connectivity index (χ4v) is 6.88. The van der Waals surface area contributed by atoms with Crippen molar-refractivity contribution in [2.45, 2.75) is 45.1 Å². The number of carbonyl (C=O) groups excluding carboxylic acids is 4. The molecular formula is C40H41FN6O6. The molecule has 2 saturated heterocycles. The number of aryl methyl sites for hydroxylation is 1. The van der Waals surface area contributed by atoms with Crippen LogP contribution in [-0.4, -0.2) is 81.8 Å². The molecule has 0 spiro atoms. The van der Waals surface area contributed by atoms with Gasteiger partial charge in [-0.05, 0) is 73.7 Å². The normalized spacial score (nSPS) is 15.7. The minimum atomic E-state index is -0.793. The molecule has 2 aliphatic heterocycles. The molecule has 2 aromatic heterocycles. The number of ether oxygens (including phenoxy) is 1. The maximum atomic E-state index is 14.7. The van der Waals surface area contributed by atoms with Crippen LogP contribution in [0.1, 0.15) is 66.7 Å². The fourth-order valence-electron chi connectivity index (χ4n) is 6.88. The quantitative estimate of drug-likeness (QED) is 0.203. The second-order valence-corrected chi connectivity index (χ2v) is 13.3. The summed E-state index contributed by atoms with van der Waals surface area (Å²) >= 11 is 0. The van der Waals surface area contributed by atoms with E-state index in [1.165, 1.54) is 46.5 Å². The topological polar surface area (TPSA) is 139 Å². The third-order valence-electron chi connectivity index (χ3n) is 9.64. The fraction of sp³-hybridized carbons (Fsp3) is 0.325. The van der Waals surface area contributed by atoms with Crippen molar-refractivity contribution >= 4 is 45.6 Å². The number of nitrogens with zero attached hydrogens (tertiary/aromatic N) is 4. The molecule has 2 aliphatic rings. The van der Waals surface area contributed by atoms with Crippen molar-refractivity contribution in [3.63, 3.8) is 0 Å². The van der Waals surface area contributed by atoms with Gasteiger partial charge in [0.05, 0.1) is 29.2 Å². The number of aromatic nitrogens is 3. The Labute approximate surface area is 305 Å². The number of hydrogen-bond acceptors (Lipinski definition) is 6. The Morgan fingerprint density at radius 3 is 2.36 bits per heavy atom. The molecule has 5 aromatic rings. The van der Waals surface area contributed by atoms with Crippen LogP contribution < -0.4 is 15.7 Å². The largest absolute Gasteiger partial charge is 0.496 e. The molecule has 7 rings (SSSR count). The van der Waals surface area contributed by atoms with Crippen LogP contribution in [-0.2, 0) is 21.4 Å². The monoisotopic (exact) mass is 720 g/mol. The first-order chi connectivity index (χ1) is 25.4. The molecule has 12 nitrogen and oxygen atoms in total. The molecule has 0 aliphatic carbocycles. The zero-order valence-electron chi connectivity index (χ0n) is 30.3. The number of halogens is 1. The number of para-hydroxylation sites is 1. The summed E-state index contributed by atoms with van der Waals surface area (Å²) < 4.78 is 23.3. The van der Waals surface area contributed by atoms with E-state index in [0.717, 1.165) is 13.1 Å². The smallest absolute Gasteiger partial charge is 0.329 e. The van der Waals surface area contributed by atoms with E-state index >= 15 is 0 Å². The molecule has 3 aromatic carbocycles. The first-order valence-corrected chi connectivity index (χ1v) is 17.4. The van der Waals surface area contributed by atoms with Crippen LogP contribution in [0.3, 0.4) is 0 Å². The molecule has 4 heterocycles. The molecule has 1 unspecified atom stereocenters. The molecule has 53 heavy (non-hydrogen) atoms. The summed E-state index contributed by atoms with van der Waals surface area (Å²) in [5.74, 6) is 5.42. The molecule has 0 saturated carbocycles. The summed E-state index contributed by atoms with van der Waals surface area (Å²) in [4.78, 5) is 67.0. The van der Waals surface area contributed by atoms with Crippen molar-refractivity contribution in [3.05, 3.63) is 87.7 Å². The maximum Gasteiger partial charge on any atom is 0.329 e. The first-order valence-electron chi connectivity index (χ1n) is 17.4. The van der Waals surface area contributed by atoms with Gasteiger partial charge in [-0.15, -0.1) is 0 Å². The number of benzene rings is 3. The highest BCUT2D eigenvalue weighted by molar-refractivity contribution is 6.04. The van der Waals surface area contributed by atoms with E-state index in [4.69, 9.17) is 4.74 Å². The number of amides is 4. The zero-order chi connectivity index (χ0) is 38.0. The minimum absolute atomic E-state index is 0.152. The number of rotatable bonds is 4. The number of aromatic amines is 1. The molecule has 13 heteroatoms. The highest BCUT2D eigenvalue weighted by atomic mass is 19.1. The lowest BCUT2D eigenvalue weighted by Crippen LogP contribution is -2.44. The lowest BCUT2D eigenvalue weighted by molar-refractivity contribution is -0.135. The predicted octanol–water partition coefficient (Wildman–Crippen LogP) is 4.73. The van der Waals surface area contributed by atoms with Gasteiger partial charge in [0.15, 0.2) is 0 Å². The van der Waals surface area contributed by atoms with Crippen LogP contribution >= 0.6 is 0 Å². The Bertz CT molecular complexity index is 2390. The van der Waals surface area contributed by atoms with Gasteiger partial charge in [0.2, 0.25) is 17.7 Å². The van der Waals surface area contributed by atoms with Crippen LogP contribution in [0.25, 0.3) is 33.1 Å². The van der Waals surface area contributed by atoms with Crippen LogP contribution in [0.4, 0.5) is 4.39 Å². The average Bonchev–Trinajstić information content (AvgIpc) is 3.71. The van der Waals surface area contributed by atoms with E-state index in [2.05, 4.69) is 22.1 Å². The van der Waals surface area contributed by atoms with Crippen molar-refractivity contribution in [3.8, 4) is 28.7 Å². The van der Waals surface area contributed by atoms with Crippen LogP contribution in [0.5, 0.6) is 5.75 Å². The number of piperidine rings is 2. The van der Waals surface area contributed by atoms with E-state index in [0.29, 0.717) is 44.4 Å². The van der Waals surface area contributed by atoms with E-state index in [-0.39, 0.29) is 47.5 Å². The van der Waals surface area contributed by atoms with Crippen molar-refractivity contribution in [1.29, 1.82) is 0 Å². The molecule has 0 bridgehead atoms. The van der Waals surface area contributed by atoms with E-state index in [9.17, 15) is 28.4 Å². The summed E-state index contributed by atoms with van der Waals surface area (Å²) in [6, 6.07) is 14.6. The molecule has 4 amide bonds. The molecule has 2 fully saturated rings.